The average Bonchev–Trinajstić information content (AvgIpc) is 2.43. The second kappa shape index (κ2) is 9.04. The SMILES string of the molecule is CNCc1cccc(S(=O)(=O)NCCOCCOC)c1. The standard InChI is InChI=1S/C13H22N2O4S/c1-14-11-12-4-3-5-13(10-12)20(16,17)15-6-7-19-9-8-18-2/h3-5,10,14-15H,6-9,11H2,1-2H3. The minimum absolute atomic E-state index is 0.238. The molecule has 0 fully saturated rings. The van der Waals surface area contributed by atoms with Gasteiger partial charge in [-0.2, -0.15) is 0 Å². The van der Waals surface area contributed by atoms with E-state index in [1.807, 2.05) is 13.1 Å². The number of ether oxygens (including phenoxy) is 2. The number of methoxy groups -OCH3 is 1. The van der Waals surface area contributed by atoms with Crippen LogP contribution in [-0.2, 0) is 26.0 Å². The topological polar surface area (TPSA) is 76.7 Å². The van der Waals surface area contributed by atoms with Crippen LogP contribution in [0.4, 0.5) is 0 Å². The van der Waals surface area contributed by atoms with Crippen molar-refractivity contribution in [2.24, 2.45) is 0 Å². The third-order valence-corrected chi connectivity index (χ3v) is 4.02. The lowest BCUT2D eigenvalue weighted by Gasteiger charge is -2.09. The third kappa shape index (κ3) is 5.98. The highest BCUT2D eigenvalue weighted by Gasteiger charge is 2.13. The molecular weight excluding hydrogens is 280 g/mol. The van der Waals surface area contributed by atoms with Gasteiger partial charge in [-0.05, 0) is 24.7 Å². The molecule has 0 aliphatic rings. The number of hydrogen-bond donors (Lipinski definition) is 2. The van der Waals surface area contributed by atoms with Crippen LogP contribution in [0.2, 0.25) is 0 Å². The van der Waals surface area contributed by atoms with Crippen LogP contribution in [0.15, 0.2) is 29.2 Å². The molecule has 0 unspecified atom stereocenters. The fourth-order valence-electron chi connectivity index (χ4n) is 1.60. The molecule has 6 nitrogen and oxygen atoms in total. The summed E-state index contributed by atoms with van der Waals surface area (Å²) in [5.74, 6) is 0. The van der Waals surface area contributed by atoms with E-state index in [9.17, 15) is 8.42 Å². The van der Waals surface area contributed by atoms with Crippen molar-refractivity contribution in [2.45, 2.75) is 11.4 Å². The van der Waals surface area contributed by atoms with Gasteiger partial charge in [0.2, 0.25) is 10.0 Å². The monoisotopic (exact) mass is 302 g/mol. The molecule has 114 valence electrons. The summed E-state index contributed by atoms with van der Waals surface area (Å²) < 4.78 is 36.7. The van der Waals surface area contributed by atoms with Crippen LogP contribution >= 0.6 is 0 Å². The number of benzene rings is 1. The van der Waals surface area contributed by atoms with Gasteiger partial charge < -0.3 is 14.8 Å². The zero-order valence-corrected chi connectivity index (χ0v) is 12.7. The lowest BCUT2D eigenvalue weighted by atomic mass is 10.2. The highest BCUT2D eigenvalue weighted by Crippen LogP contribution is 2.11. The van der Waals surface area contributed by atoms with Crippen LogP contribution in [0.5, 0.6) is 0 Å². The highest BCUT2D eigenvalue weighted by atomic mass is 32.2. The van der Waals surface area contributed by atoms with Crippen molar-refractivity contribution in [3.05, 3.63) is 29.8 Å². The first kappa shape index (κ1) is 17.1. The lowest BCUT2D eigenvalue weighted by molar-refractivity contribution is 0.0736. The van der Waals surface area contributed by atoms with Crippen molar-refractivity contribution >= 4 is 10.0 Å². The van der Waals surface area contributed by atoms with Gasteiger partial charge in [0, 0.05) is 20.2 Å². The van der Waals surface area contributed by atoms with Crippen LogP contribution in [0.3, 0.4) is 0 Å². The fourth-order valence-corrected chi connectivity index (χ4v) is 2.69. The number of sulfonamides is 1. The Morgan fingerprint density at radius 1 is 1.20 bits per heavy atom. The molecule has 7 heteroatoms. The molecule has 0 saturated heterocycles. The van der Waals surface area contributed by atoms with E-state index in [0.717, 1.165) is 5.56 Å². The molecule has 0 atom stereocenters. The van der Waals surface area contributed by atoms with Crippen LogP contribution in [0, 0.1) is 0 Å². The molecule has 0 aromatic heterocycles. The van der Waals surface area contributed by atoms with Gasteiger partial charge in [0.25, 0.3) is 0 Å². The first-order chi connectivity index (χ1) is 9.60. The molecule has 0 saturated carbocycles. The predicted octanol–water partition coefficient (Wildman–Crippen LogP) is 0.347. The zero-order chi connectivity index (χ0) is 14.8. The largest absolute Gasteiger partial charge is 0.382 e. The van der Waals surface area contributed by atoms with Gasteiger partial charge in [0.1, 0.15) is 0 Å². The fraction of sp³-hybridized carbons (Fsp3) is 0.538. The Hall–Kier alpha value is -0.990. The number of rotatable bonds is 10. The van der Waals surface area contributed by atoms with Crippen molar-refractivity contribution in [1.29, 1.82) is 0 Å². The van der Waals surface area contributed by atoms with E-state index in [1.165, 1.54) is 0 Å². The molecule has 0 radical (unpaired) electrons. The summed E-state index contributed by atoms with van der Waals surface area (Å²) in [5, 5.41) is 2.99. The van der Waals surface area contributed by atoms with E-state index in [4.69, 9.17) is 9.47 Å². The van der Waals surface area contributed by atoms with Gasteiger partial charge >= 0.3 is 0 Å². The Kier molecular flexibility index (Phi) is 7.71. The van der Waals surface area contributed by atoms with Crippen LogP contribution in [-0.4, -0.2) is 48.9 Å². The third-order valence-electron chi connectivity index (χ3n) is 2.56. The van der Waals surface area contributed by atoms with Crippen molar-refractivity contribution in [3.63, 3.8) is 0 Å². The maximum Gasteiger partial charge on any atom is 0.240 e. The first-order valence-electron chi connectivity index (χ1n) is 6.40. The summed E-state index contributed by atoms with van der Waals surface area (Å²) in [5.41, 5.74) is 0.923. The van der Waals surface area contributed by atoms with Crippen LogP contribution in [0.25, 0.3) is 0 Å². The van der Waals surface area contributed by atoms with Crippen LogP contribution < -0.4 is 10.0 Å². The highest BCUT2D eigenvalue weighted by molar-refractivity contribution is 7.89. The van der Waals surface area contributed by atoms with E-state index in [1.54, 1.807) is 25.3 Å². The number of nitrogens with one attached hydrogen (secondary N) is 2. The Balaban J connectivity index is 2.49. The minimum atomic E-state index is -3.48. The molecule has 0 heterocycles. The van der Waals surface area contributed by atoms with Crippen molar-refractivity contribution in [1.82, 2.24) is 10.0 Å². The normalized spacial score (nSPS) is 11.7. The summed E-state index contributed by atoms with van der Waals surface area (Å²) in [6.07, 6.45) is 0. The van der Waals surface area contributed by atoms with Gasteiger partial charge in [-0.3, -0.25) is 0 Å². The first-order valence-corrected chi connectivity index (χ1v) is 7.88. The van der Waals surface area contributed by atoms with Gasteiger partial charge in [-0.25, -0.2) is 13.1 Å². The molecule has 0 amide bonds. The van der Waals surface area contributed by atoms with E-state index >= 15 is 0 Å². The molecule has 1 aromatic rings. The average molecular weight is 302 g/mol. The van der Waals surface area contributed by atoms with E-state index < -0.39 is 10.0 Å². The Morgan fingerprint density at radius 2 is 2.00 bits per heavy atom. The zero-order valence-electron chi connectivity index (χ0n) is 11.9. The molecule has 1 aromatic carbocycles. The molecule has 2 N–H and O–H groups in total. The van der Waals surface area contributed by atoms with Crippen molar-refractivity contribution < 1.29 is 17.9 Å². The predicted molar refractivity (Wildman–Crippen MR) is 77.1 cm³/mol. The molecule has 20 heavy (non-hydrogen) atoms. The van der Waals surface area contributed by atoms with Gasteiger partial charge in [-0.15, -0.1) is 0 Å². The molecule has 0 aliphatic heterocycles. The van der Waals surface area contributed by atoms with Crippen molar-refractivity contribution in [3.8, 4) is 0 Å². The van der Waals surface area contributed by atoms with E-state index in [-0.39, 0.29) is 11.4 Å². The van der Waals surface area contributed by atoms with Crippen molar-refractivity contribution in [2.75, 3.05) is 40.5 Å². The summed E-state index contributed by atoms with van der Waals surface area (Å²) in [7, 11) is -0.0791. The molecule has 0 bridgehead atoms. The summed E-state index contributed by atoms with van der Waals surface area (Å²) >= 11 is 0. The summed E-state index contributed by atoms with van der Waals surface area (Å²) in [4.78, 5) is 0.266. The Morgan fingerprint density at radius 3 is 2.70 bits per heavy atom. The lowest BCUT2D eigenvalue weighted by Crippen LogP contribution is -2.28. The number of hydrogen-bond acceptors (Lipinski definition) is 5. The Bertz CT molecular complexity index is 491. The summed E-state index contributed by atoms with van der Waals surface area (Å²) in [6, 6.07) is 6.84. The van der Waals surface area contributed by atoms with Crippen LogP contribution in [0.1, 0.15) is 5.56 Å². The minimum Gasteiger partial charge on any atom is -0.382 e. The van der Waals surface area contributed by atoms with E-state index in [2.05, 4.69) is 10.0 Å². The van der Waals surface area contributed by atoms with E-state index in [0.29, 0.717) is 26.4 Å². The molecular formula is C13H22N2O4S. The quantitative estimate of drug-likeness (QED) is 0.610. The van der Waals surface area contributed by atoms with Gasteiger partial charge in [-0.1, -0.05) is 12.1 Å². The second-order valence-corrected chi connectivity index (χ2v) is 5.95. The smallest absolute Gasteiger partial charge is 0.240 e. The molecule has 1 rings (SSSR count). The second-order valence-electron chi connectivity index (χ2n) is 4.18. The maximum atomic E-state index is 12.1. The molecule has 0 aliphatic carbocycles. The summed E-state index contributed by atoms with van der Waals surface area (Å²) in [6.45, 7) is 2.14. The van der Waals surface area contributed by atoms with Gasteiger partial charge in [0.05, 0.1) is 24.7 Å². The molecule has 0 spiro atoms. The Labute approximate surface area is 120 Å². The van der Waals surface area contributed by atoms with Gasteiger partial charge in [0.15, 0.2) is 0 Å². The maximum absolute atomic E-state index is 12.1.